The largest absolute Gasteiger partial charge is 0.467 e. The van der Waals surface area contributed by atoms with Crippen molar-refractivity contribution < 1.29 is 27.1 Å². The molecule has 2 atom stereocenters. The summed E-state index contributed by atoms with van der Waals surface area (Å²) in [7, 11) is -2.87. The summed E-state index contributed by atoms with van der Waals surface area (Å²) in [6.45, 7) is 5.54. The summed E-state index contributed by atoms with van der Waals surface area (Å²) >= 11 is 7.92. The fraction of sp³-hybridized carbons (Fsp3) is 0.440. The molecule has 0 fully saturated rings. The third-order valence-electron chi connectivity index (χ3n) is 5.47. The van der Waals surface area contributed by atoms with Crippen LogP contribution >= 0.6 is 34.2 Å². The fourth-order valence-corrected chi connectivity index (χ4v) is 6.03. The molecule has 36 heavy (non-hydrogen) atoms. The molecule has 0 aliphatic carbocycles. The van der Waals surface area contributed by atoms with Crippen molar-refractivity contribution >= 4 is 61.8 Å². The van der Waals surface area contributed by atoms with E-state index in [0.29, 0.717) is 21.4 Å². The number of rotatable bonds is 12. The van der Waals surface area contributed by atoms with Crippen molar-refractivity contribution in [1.29, 1.82) is 0 Å². The molecule has 0 radical (unpaired) electrons. The molecule has 1 N–H and O–H groups in total. The van der Waals surface area contributed by atoms with Gasteiger partial charge in [0.05, 0.1) is 17.7 Å². The van der Waals surface area contributed by atoms with Crippen molar-refractivity contribution in [3.63, 3.8) is 0 Å². The number of sulfonamides is 1. The van der Waals surface area contributed by atoms with Gasteiger partial charge in [-0.05, 0) is 97.2 Å². The molecule has 2 aromatic rings. The number of anilines is 1. The molecule has 0 aromatic heterocycles. The highest BCUT2D eigenvalue weighted by atomic mass is 127. The molecular weight excluding hydrogens is 622 g/mol. The molecule has 0 bridgehead atoms. The van der Waals surface area contributed by atoms with Gasteiger partial charge in [-0.2, -0.15) is 0 Å². The Kier molecular flexibility index (Phi) is 11.4. The Morgan fingerprint density at radius 3 is 2.36 bits per heavy atom. The highest BCUT2D eigenvalue weighted by molar-refractivity contribution is 14.1. The van der Waals surface area contributed by atoms with E-state index in [4.69, 9.17) is 16.3 Å². The lowest BCUT2D eigenvalue weighted by Crippen LogP contribution is -2.42. The first kappa shape index (κ1) is 30.3. The van der Waals surface area contributed by atoms with E-state index in [1.165, 1.54) is 43.5 Å². The maximum absolute atomic E-state index is 14.9. The number of nitrogens with one attached hydrogen (secondary N) is 1. The van der Waals surface area contributed by atoms with Crippen LogP contribution in [-0.4, -0.2) is 39.5 Å². The number of esters is 1. The van der Waals surface area contributed by atoms with Crippen molar-refractivity contribution in [2.45, 2.75) is 63.4 Å². The van der Waals surface area contributed by atoms with Crippen LogP contribution in [0.5, 0.6) is 0 Å². The maximum atomic E-state index is 14.9. The summed E-state index contributed by atoms with van der Waals surface area (Å²) < 4.78 is 48.5. The summed E-state index contributed by atoms with van der Waals surface area (Å²) in [5.41, 5.74) is -0.0727. The molecule has 0 saturated heterocycles. The minimum atomic E-state index is -4.14. The lowest BCUT2D eigenvalue weighted by molar-refractivity contribution is -0.145. The highest BCUT2D eigenvalue weighted by Gasteiger charge is 2.32. The van der Waals surface area contributed by atoms with Crippen LogP contribution in [0, 0.1) is 15.3 Å². The number of amides is 1. The van der Waals surface area contributed by atoms with E-state index in [2.05, 4.69) is 5.32 Å². The van der Waals surface area contributed by atoms with Crippen LogP contribution in [0.3, 0.4) is 0 Å². The first-order chi connectivity index (χ1) is 16.9. The van der Waals surface area contributed by atoms with E-state index in [9.17, 15) is 22.4 Å². The Morgan fingerprint density at radius 1 is 1.14 bits per heavy atom. The molecule has 0 saturated carbocycles. The zero-order valence-corrected chi connectivity index (χ0v) is 24.4. The van der Waals surface area contributed by atoms with Gasteiger partial charge in [0.2, 0.25) is 5.91 Å². The van der Waals surface area contributed by atoms with Gasteiger partial charge in [-0.1, -0.05) is 25.4 Å². The van der Waals surface area contributed by atoms with E-state index in [0.717, 1.165) is 4.31 Å². The van der Waals surface area contributed by atoms with Crippen LogP contribution < -0.4 is 9.62 Å². The molecule has 0 aliphatic heterocycles. The lowest BCUT2D eigenvalue weighted by Gasteiger charge is -2.31. The average molecular weight is 653 g/mol. The predicted molar refractivity (Wildman–Crippen MR) is 147 cm³/mol. The third-order valence-corrected chi connectivity index (χ3v) is 8.34. The van der Waals surface area contributed by atoms with Gasteiger partial charge in [0.15, 0.2) is 0 Å². The topological polar surface area (TPSA) is 92.8 Å². The van der Waals surface area contributed by atoms with Gasteiger partial charge in [0.1, 0.15) is 11.9 Å². The molecule has 2 aromatic carbocycles. The smallest absolute Gasteiger partial charge is 0.328 e. The molecule has 11 heteroatoms. The minimum Gasteiger partial charge on any atom is -0.467 e. The zero-order valence-electron chi connectivity index (χ0n) is 20.6. The Bertz CT molecular complexity index is 1160. The molecular formula is C25H31ClFIN2O5S. The molecule has 2 rings (SSSR count). The number of benzene rings is 2. The van der Waals surface area contributed by atoms with Gasteiger partial charge in [-0.15, -0.1) is 0 Å². The van der Waals surface area contributed by atoms with Gasteiger partial charge in [0, 0.05) is 21.1 Å². The first-order valence-electron chi connectivity index (χ1n) is 11.5. The number of methoxy groups -OCH3 is 1. The quantitative estimate of drug-likeness (QED) is 0.240. The van der Waals surface area contributed by atoms with Gasteiger partial charge in [0.25, 0.3) is 10.0 Å². The number of halogens is 3. The summed E-state index contributed by atoms with van der Waals surface area (Å²) in [6, 6.07) is 8.50. The van der Waals surface area contributed by atoms with Gasteiger partial charge < -0.3 is 10.1 Å². The van der Waals surface area contributed by atoms with E-state index in [-0.39, 0.29) is 35.2 Å². The second-order valence-electron chi connectivity index (χ2n) is 8.86. The molecule has 2 unspecified atom stereocenters. The van der Waals surface area contributed by atoms with E-state index in [1.807, 2.05) is 36.4 Å². The Hall–Kier alpha value is -1.92. The van der Waals surface area contributed by atoms with Crippen molar-refractivity contribution in [2.75, 3.05) is 11.4 Å². The highest BCUT2D eigenvalue weighted by Crippen LogP contribution is 2.32. The molecule has 0 aliphatic rings. The lowest BCUT2D eigenvalue weighted by atomic mass is 10.0. The number of ether oxygens (including phenoxy) is 1. The number of carbonyl (C=O) groups is 2. The average Bonchev–Trinajstić information content (AvgIpc) is 2.80. The van der Waals surface area contributed by atoms with Crippen LogP contribution in [0.1, 0.15) is 46.5 Å². The van der Waals surface area contributed by atoms with Crippen molar-refractivity contribution in [1.82, 2.24) is 5.32 Å². The fourth-order valence-electron chi connectivity index (χ4n) is 3.75. The monoisotopic (exact) mass is 652 g/mol. The minimum absolute atomic E-state index is 0.0237. The predicted octanol–water partition coefficient (Wildman–Crippen LogP) is 5.54. The van der Waals surface area contributed by atoms with Gasteiger partial charge >= 0.3 is 5.97 Å². The number of nitrogens with zero attached hydrogens (tertiary/aromatic N) is 1. The second kappa shape index (κ2) is 13.6. The number of hydrogen-bond donors (Lipinski definition) is 1. The summed E-state index contributed by atoms with van der Waals surface area (Å²) in [4.78, 5) is 24.5. The Labute approximate surface area is 230 Å². The van der Waals surface area contributed by atoms with Gasteiger partial charge in [-0.25, -0.2) is 17.6 Å². The summed E-state index contributed by atoms with van der Waals surface area (Å²) in [5.74, 6) is -1.36. The maximum Gasteiger partial charge on any atom is 0.328 e. The van der Waals surface area contributed by atoms with E-state index >= 15 is 0 Å². The van der Waals surface area contributed by atoms with Gasteiger partial charge in [-0.3, -0.25) is 9.10 Å². The van der Waals surface area contributed by atoms with Crippen molar-refractivity contribution in [3.05, 3.63) is 56.9 Å². The summed E-state index contributed by atoms with van der Waals surface area (Å²) in [5, 5.41) is 3.07. The van der Waals surface area contributed by atoms with Crippen LogP contribution in [0.4, 0.5) is 10.1 Å². The Morgan fingerprint density at radius 2 is 1.78 bits per heavy atom. The standard InChI is InChI=1S/C25H31ClFIN2O5S/c1-16(2)14-22(25(32)35-4)29-24(31)7-5-6-17(3)30(23-15-19(28)10-13-21(23)27)36(33,34)20-11-8-18(26)9-12-20/h8-13,15-17,22H,5-7,14H2,1-4H3,(H,29,31). The molecule has 1 amide bonds. The second-order valence-corrected chi connectivity index (χ2v) is 12.4. The first-order valence-corrected chi connectivity index (χ1v) is 14.4. The molecule has 7 nitrogen and oxygen atoms in total. The molecule has 0 spiro atoms. The van der Waals surface area contributed by atoms with Crippen LogP contribution in [0.15, 0.2) is 47.4 Å². The SMILES string of the molecule is COC(=O)C(CC(C)C)NC(=O)CCCC(C)N(c1cc(I)ccc1F)S(=O)(=O)c1ccc(Cl)cc1. The van der Waals surface area contributed by atoms with Crippen molar-refractivity contribution in [3.8, 4) is 0 Å². The van der Waals surface area contributed by atoms with Crippen LogP contribution in [0.2, 0.25) is 5.02 Å². The summed E-state index contributed by atoms with van der Waals surface area (Å²) in [6.07, 6.45) is 1.10. The van der Waals surface area contributed by atoms with Crippen LogP contribution in [0.25, 0.3) is 0 Å². The van der Waals surface area contributed by atoms with Crippen LogP contribution in [-0.2, 0) is 24.3 Å². The number of hydrogen-bond acceptors (Lipinski definition) is 5. The normalized spacial score (nSPS) is 13.2. The van der Waals surface area contributed by atoms with E-state index in [1.54, 1.807) is 13.0 Å². The molecule has 198 valence electrons. The van der Waals surface area contributed by atoms with E-state index < -0.39 is 33.9 Å². The molecule has 0 heterocycles. The zero-order chi connectivity index (χ0) is 27.0. The third kappa shape index (κ3) is 8.31. The Balaban J connectivity index is 2.22. The number of carbonyl (C=O) groups excluding carboxylic acids is 2. The van der Waals surface area contributed by atoms with Crippen molar-refractivity contribution in [2.24, 2.45) is 5.92 Å².